The van der Waals surface area contributed by atoms with E-state index in [4.69, 9.17) is 4.74 Å². The molecule has 5 heteroatoms. The fourth-order valence-corrected chi connectivity index (χ4v) is 3.08. The molecule has 4 nitrogen and oxygen atoms in total. The number of aromatic nitrogens is 2. The van der Waals surface area contributed by atoms with Gasteiger partial charge in [0.05, 0.1) is 6.10 Å². The molecule has 0 saturated heterocycles. The first-order valence-electron chi connectivity index (χ1n) is 10.4. The van der Waals surface area contributed by atoms with Gasteiger partial charge >= 0.3 is 0 Å². The zero-order valence-corrected chi connectivity index (χ0v) is 17.7. The third kappa shape index (κ3) is 6.59. The molecule has 31 heavy (non-hydrogen) atoms. The highest BCUT2D eigenvalue weighted by atomic mass is 19.1. The van der Waals surface area contributed by atoms with Gasteiger partial charge in [0.2, 0.25) is 0 Å². The van der Waals surface area contributed by atoms with Gasteiger partial charge in [-0.2, -0.15) is 0 Å². The number of rotatable bonds is 10. The molecule has 3 aromatic rings. The molecule has 0 fully saturated rings. The van der Waals surface area contributed by atoms with Gasteiger partial charge in [-0.25, -0.2) is 14.4 Å². The second-order valence-corrected chi connectivity index (χ2v) is 7.34. The van der Waals surface area contributed by atoms with E-state index in [9.17, 15) is 9.50 Å². The van der Waals surface area contributed by atoms with E-state index in [1.165, 1.54) is 6.07 Å². The maximum absolute atomic E-state index is 14.2. The van der Waals surface area contributed by atoms with Gasteiger partial charge in [0.25, 0.3) is 0 Å². The van der Waals surface area contributed by atoms with Crippen molar-refractivity contribution >= 4 is 6.08 Å². The van der Waals surface area contributed by atoms with Crippen molar-refractivity contribution in [1.82, 2.24) is 9.97 Å². The number of aliphatic hydroxyl groups is 1. The Labute approximate surface area is 182 Å². The standard InChI is InChI=1S/C26H27FN2O2/c1-3-15-31-25-14-13-23(16-24(25)27)21-9-11-22(12-10-21)26-28-17-20(18-29-26)8-6-4-5-7-19(2)30/h3,6,8-14,16-19,30H,1,4-5,7,15H2,2H3/b8-6+. The van der Waals surface area contributed by atoms with Crippen molar-refractivity contribution in [2.24, 2.45) is 0 Å². The summed E-state index contributed by atoms with van der Waals surface area (Å²) in [5, 5.41) is 9.27. The van der Waals surface area contributed by atoms with E-state index in [0.29, 0.717) is 5.82 Å². The van der Waals surface area contributed by atoms with Crippen molar-refractivity contribution in [2.75, 3.05) is 6.61 Å². The van der Waals surface area contributed by atoms with E-state index in [1.54, 1.807) is 31.5 Å². The van der Waals surface area contributed by atoms with Crippen LogP contribution in [0.4, 0.5) is 4.39 Å². The summed E-state index contributed by atoms with van der Waals surface area (Å²) in [5.74, 6) is 0.448. The first-order chi connectivity index (χ1) is 15.1. The molecule has 1 aromatic heterocycles. The fraction of sp³-hybridized carbons (Fsp3) is 0.231. The predicted molar refractivity (Wildman–Crippen MR) is 123 cm³/mol. The number of unbranched alkanes of at least 4 members (excludes halogenated alkanes) is 1. The Bertz CT molecular complexity index is 1010. The monoisotopic (exact) mass is 418 g/mol. The van der Waals surface area contributed by atoms with Crippen LogP contribution in [0.2, 0.25) is 0 Å². The Kier molecular flexibility index (Phi) is 8.07. The lowest BCUT2D eigenvalue weighted by Crippen LogP contribution is -1.97. The van der Waals surface area contributed by atoms with E-state index in [-0.39, 0.29) is 18.5 Å². The van der Waals surface area contributed by atoms with Gasteiger partial charge in [0.1, 0.15) is 6.61 Å². The van der Waals surface area contributed by atoms with Gasteiger partial charge in [0, 0.05) is 23.5 Å². The predicted octanol–water partition coefficient (Wildman–Crippen LogP) is 6.08. The van der Waals surface area contributed by atoms with Crippen LogP contribution >= 0.6 is 0 Å². The summed E-state index contributed by atoms with van der Waals surface area (Å²) in [6, 6.07) is 12.6. The van der Waals surface area contributed by atoms with E-state index in [2.05, 4.69) is 22.6 Å². The van der Waals surface area contributed by atoms with Crippen LogP contribution in [0.5, 0.6) is 5.75 Å². The Morgan fingerprint density at radius 2 is 1.74 bits per heavy atom. The zero-order chi connectivity index (χ0) is 22.1. The van der Waals surface area contributed by atoms with Crippen LogP contribution in [-0.4, -0.2) is 27.8 Å². The molecule has 2 aromatic carbocycles. The molecular weight excluding hydrogens is 391 g/mol. The Morgan fingerprint density at radius 1 is 1.06 bits per heavy atom. The number of allylic oxidation sites excluding steroid dienone is 1. The molecule has 0 spiro atoms. The van der Waals surface area contributed by atoms with Gasteiger partial charge < -0.3 is 9.84 Å². The molecule has 1 heterocycles. The molecular formula is C26H27FN2O2. The highest BCUT2D eigenvalue weighted by Gasteiger charge is 2.07. The molecule has 1 atom stereocenters. The van der Waals surface area contributed by atoms with Gasteiger partial charge in [-0.3, -0.25) is 0 Å². The largest absolute Gasteiger partial charge is 0.486 e. The van der Waals surface area contributed by atoms with Crippen LogP contribution in [0.3, 0.4) is 0 Å². The molecule has 0 saturated carbocycles. The van der Waals surface area contributed by atoms with Gasteiger partial charge in [-0.15, -0.1) is 0 Å². The lowest BCUT2D eigenvalue weighted by atomic mass is 10.0. The highest BCUT2D eigenvalue weighted by Crippen LogP contribution is 2.27. The summed E-state index contributed by atoms with van der Waals surface area (Å²) >= 11 is 0. The molecule has 0 amide bonds. The second-order valence-electron chi connectivity index (χ2n) is 7.34. The second kappa shape index (κ2) is 11.2. The zero-order valence-electron chi connectivity index (χ0n) is 17.7. The third-order valence-electron chi connectivity index (χ3n) is 4.74. The maximum Gasteiger partial charge on any atom is 0.165 e. The third-order valence-corrected chi connectivity index (χ3v) is 4.74. The molecule has 0 aliphatic rings. The number of hydrogen-bond acceptors (Lipinski definition) is 4. The Hall–Kier alpha value is -3.31. The minimum Gasteiger partial charge on any atom is -0.486 e. The quantitative estimate of drug-likeness (QED) is 0.320. The highest BCUT2D eigenvalue weighted by molar-refractivity contribution is 5.68. The average Bonchev–Trinajstić information content (AvgIpc) is 2.78. The van der Waals surface area contributed by atoms with E-state index < -0.39 is 5.82 Å². The summed E-state index contributed by atoms with van der Waals surface area (Å²) in [6.45, 7) is 5.63. The van der Waals surface area contributed by atoms with E-state index in [1.807, 2.05) is 36.4 Å². The van der Waals surface area contributed by atoms with Crippen molar-refractivity contribution in [3.8, 4) is 28.3 Å². The fourth-order valence-electron chi connectivity index (χ4n) is 3.08. The lowest BCUT2D eigenvalue weighted by molar-refractivity contribution is 0.182. The van der Waals surface area contributed by atoms with Crippen molar-refractivity contribution < 1.29 is 14.2 Å². The number of benzene rings is 2. The molecule has 0 bridgehead atoms. The van der Waals surface area contributed by atoms with Crippen molar-refractivity contribution in [3.05, 3.63) is 85.0 Å². The van der Waals surface area contributed by atoms with Gasteiger partial charge in [-0.05, 0) is 49.4 Å². The number of aliphatic hydroxyl groups excluding tert-OH is 1. The van der Waals surface area contributed by atoms with Gasteiger partial charge in [-0.1, -0.05) is 55.1 Å². The molecule has 0 aliphatic carbocycles. The first-order valence-corrected chi connectivity index (χ1v) is 10.4. The number of halogens is 1. The topological polar surface area (TPSA) is 55.2 Å². The normalized spacial score (nSPS) is 12.1. The van der Waals surface area contributed by atoms with E-state index >= 15 is 0 Å². The number of nitrogens with zero attached hydrogens (tertiary/aromatic N) is 2. The van der Waals surface area contributed by atoms with E-state index in [0.717, 1.165) is 41.5 Å². The molecule has 1 N–H and O–H groups in total. The molecule has 0 aliphatic heterocycles. The molecule has 3 rings (SSSR count). The van der Waals surface area contributed by atoms with Crippen LogP contribution in [0.25, 0.3) is 28.6 Å². The maximum atomic E-state index is 14.2. The van der Waals surface area contributed by atoms with Crippen molar-refractivity contribution in [1.29, 1.82) is 0 Å². The van der Waals surface area contributed by atoms with Crippen LogP contribution in [-0.2, 0) is 0 Å². The van der Waals surface area contributed by atoms with Crippen molar-refractivity contribution in [3.63, 3.8) is 0 Å². The smallest absolute Gasteiger partial charge is 0.165 e. The average molecular weight is 419 g/mol. The van der Waals surface area contributed by atoms with Crippen LogP contribution in [0.1, 0.15) is 31.7 Å². The Morgan fingerprint density at radius 3 is 2.39 bits per heavy atom. The SMILES string of the molecule is C=CCOc1ccc(-c2ccc(-c3ncc(/C=C/CCCC(C)O)cn3)cc2)cc1F. The number of ether oxygens (including phenoxy) is 1. The summed E-state index contributed by atoms with van der Waals surface area (Å²) in [6.07, 6.45) is 11.6. The summed E-state index contributed by atoms with van der Waals surface area (Å²) in [4.78, 5) is 8.89. The number of hydrogen-bond donors (Lipinski definition) is 1. The minimum absolute atomic E-state index is 0.214. The summed E-state index contributed by atoms with van der Waals surface area (Å²) in [5.41, 5.74) is 3.50. The molecule has 0 radical (unpaired) electrons. The van der Waals surface area contributed by atoms with Crippen LogP contribution < -0.4 is 4.74 Å². The van der Waals surface area contributed by atoms with Gasteiger partial charge in [0.15, 0.2) is 17.4 Å². The van der Waals surface area contributed by atoms with Crippen LogP contribution in [0, 0.1) is 5.82 Å². The Balaban J connectivity index is 1.64. The lowest BCUT2D eigenvalue weighted by Gasteiger charge is -2.08. The summed E-state index contributed by atoms with van der Waals surface area (Å²) < 4.78 is 19.5. The first kappa shape index (κ1) is 22.4. The summed E-state index contributed by atoms with van der Waals surface area (Å²) in [7, 11) is 0. The van der Waals surface area contributed by atoms with Crippen molar-refractivity contribution in [2.45, 2.75) is 32.3 Å². The molecule has 160 valence electrons. The minimum atomic E-state index is -0.402. The molecule has 1 unspecified atom stereocenters. The van der Waals surface area contributed by atoms with Crippen LogP contribution in [0.15, 0.2) is 73.6 Å².